The van der Waals surface area contributed by atoms with Crippen LogP contribution >= 0.6 is 11.6 Å². The summed E-state index contributed by atoms with van der Waals surface area (Å²) in [5.41, 5.74) is -1.84. The Morgan fingerprint density at radius 3 is 2.65 bits per heavy atom. The molecule has 0 bridgehead atoms. The molecular formula is C14H7ClF3N3O2. The average Bonchev–Trinajstić information content (AvgIpc) is 2.91. The summed E-state index contributed by atoms with van der Waals surface area (Å²) >= 11 is 5.85. The Balaban J connectivity index is 2.34. The number of aromatic nitrogens is 3. The van der Waals surface area contributed by atoms with Crippen molar-refractivity contribution in [1.82, 2.24) is 14.8 Å². The number of rotatable bonds is 2. The fourth-order valence-electron chi connectivity index (χ4n) is 2.25. The van der Waals surface area contributed by atoms with Gasteiger partial charge < -0.3 is 5.11 Å². The van der Waals surface area contributed by atoms with Gasteiger partial charge in [-0.25, -0.2) is 9.48 Å². The molecule has 0 atom stereocenters. The van der Waals surface area contributed by atoms with Crippen molar-refractivity contribution >= 4 is 28.5 Å². The van der Waals surface area contributed by atoms with Crippen molar-refractivity contribution in [3.05, 3.63) is 52.9 Å². The first kappa shape index (κ1) is 15.3. The summed E-state index contributed by atoms with van der Waals surface area (Å²) in [6, 6.07) is 5.82. The van der Waals surface area contributed by atoms with E-state index >= 15 is 0 Å². The number of aromatic carboxylic acids is 1. The van der Waals surface area contributed by atoms with E-state index in [-0.39, 0.29) is 5.69 Å². The highest BCUT2D eigenvalue weighted by Gasteiger charge is 2.40. The third kappa shape index (κ3) is 2.61. The minimum Gasteiger partial charge on any atom is -0.478 e. The molecule has 0 aliphatic rings. The van der Waals surface area contributed by atoms with Gasteiger partial charge in [-0.1, -0.05) is 11.6 Å². The number of benzene rings is 1. The summed E-state index contributed by atoms with van der Waals surface area (Å²) < 4.78 is 40.4. The summed E-state index contributed by atoms with van der Waals surface area (Å²) in [4.78, 5) is 15.1. The maximum Gasteiger partial charge on any atom is 0.434 e. The van der Waals surface area contributed by atoms with Gasteiger partial charge in [0.2, 0.25) is 0 Å². The van der Waals surface area contributed by atoms with E-state index < -0.39 is 23.4 Å². The van der Waals surface area contributed by atoms with Crippen molar-refractivity contribution < 1.29 is 23.1 Å². The maximum atomic E-state index is 13.3. The molecule has 0 saturated heterocycles. The molecule has 3 rings (SSSR count). The van der Waals surface area contributed by atoms with Crippen LogP contribution in [-0.2, 0) is 6.18 Å². The average molecular weight is 342 g/mol. The molecule has 118 valence electrons. The first-order valence-corrected chi connectivity index (χ1v) is 6.60. The molecule has 1 N–H and O–H groups in total. The van der Waals surface area contributed by atoms with Gasteiger partial charge in [0, 0.05) is 16.6 Å². The van der Waals surface area contributed by atoms with Gasteiger partial charge in [-0.2, -0.15) is 18.3 Å². The summed E-state index contributed by atoms with van der Waals surface area (Å²) in [6.45, 7) is 0. The van der Waals surface area contributed by atoms with Gasteiger partial charge in [0.05, 0.1) is 17.4 Å². The lowest BCUT2D eigenvalue weighted by molar-refractivity contribution is -0.143. The summed E-state index contributed by atoms with van der Waals surface area (Å²) in [5, 5.41) is 13.3. The van der Waals surface area contributed by atoms with Crippen LogP contribution in [-0.4, -0.2) is 25.8 Å². The van der Waals surface area contributed by atoms with Crippen molar-refractivity contribution in [2.24, 2.45) is 0 Å². The summed E-state index contributed by atoms with van der Waals surface area (Å²) in [6.07, 6.45) is -2.91. The first-order chi connectivity index (χ1) is 10.8. The molecule has 0 unspecified atom stereocenters. The number of hydrogen-bond acceptors (Lipinski definition) is 3. The molecular weight excluding hydrogens is 335 g/mol. The number of pyridine rings is 1. The number of halogens is 4. The van der Waals surface area contributed by atoms with E-state index in [4.69, 9.17) is 16.7 Å². The van der Waals surface area contributed by atoms with Crippen molar-refractivity contribution in [3.8, 4) is 5.69 Å². The van der Waals surface area contributed by atoms with Gasteiger partial charge in [0.15, 0.2) is 5.69 Å². The Labute approximate surface area is 131 Å². The minimum atomic E-state index is -4.88. The number of nitrogens with zero attached hydrogens (tertiary/aromatic N) is 3. The van der Waals surface area contributed by atoms with Crippen molar-refractivity contribution in [1.29, 1.82) is 0 Å². The molecule has 1 aromatic carbocycles. The molecule has 0 aliphatic carbocycles. The standard InChI is InChI=1S/C14H7ClF3N3O2/c15-7-1-2-8-10(5-7)19-4-3-11(8)21-12(14(16,17)18)9(6-20-21)13(22)23/h1-6H,(H,22,23). The molecule has 9 heteroatoms. The van der Waals surface area contributed by atoms with Crippen molar-refractivity contribution in [2.45, 2.75) is 6.18 Å². The molecule has 0 amide bonds. The van der Waals surface area contributed by atoms with Crippen LogP contribution in [0.25, 0.3) is 16.6 Å². The van der Waals surface area contributed by atoms with Crippen molar-refractivity contribution in [3.63, 3.8) is 0 Å². The van der Waals surface area contributed by atoms with Gasteiger partial charge >= 0.3 is 12.1 Å². The highest BCUT2D eigenvalue weighted by atomic mass is 35.5. The predicted molar refractivity (Wildman–Crippen MR) is 75.8 cm³/mol. The Bertz CT molecular complexity index is 921. The van der Waals surface area contributed by atoms with Crippen molar-refractivity contribution in [2.75, 3.05) is 0 Å². The summed E-state index contributed by atoms with van der Waals surface area (Å²) in [7, 11) is 0. The second kappa shape index (κ2) is 5.24. The zero-order valence-corrected chi connectivity index (χ0v) is 11.9. The van der Waals surface area contributed by atoms with E-state index in [9.17, 15) is 18.0 Å². The van der Waals surface area contributed by atoms with Crippen LogP contribution < -0.4 is 0 Å². The smallest absolute Gasteiger partial charge is 0.434 e. The van der Waals surface area contributed by atoms with Crippen LogP contribution in [0.15, 0.2) is 36.7 Å². The maximum absolute atomic E-state index is 13.3. The number of carboxylic acid groups (broad SMARTS) is 1. The highest BCUT2D eigenvalue weighted by Crippen LogP contribution is 2.35. The van der Waals surface area contributed by atoms with E-state index in [0.29, 0.717) is 26.8 Å². The first-order valence-electron chi connectivity index (χ1n) is 6.22. The van der Waals surface area contributed by atoms with Crippen LogP contribution in [0.4, 0.5) is 13.2 Å². The number of carbonyl (C=O) groups is 1. The Hall–Kier alpha value is -2.61. The lowest BCUT2D eigenvalue weighted by Gasteiger charge is -2.13. The van der Waals surface area contributed by atoms with Gasteiger partial charge in [-0.05, 0) is 24.3 Å². The zero-order valence-electron chi connectivity index (χ0n) is 11.2. The Kier molecular flexibility index (Phi) is 3.48. The number of hydrogen-bond donors (Lipinski definition) is 1. The molecule has 0 saturated carbocycles. The zero-order chi connectivity index (χ0) is 16.8. The van der Waals surface area contributed by atoms with Crippen LogP contribution in [0.1, 0.15) is 16.1 Å². The second-order valence-corrected chi connectivity index (χ2v) is 5.05. The number of carboxylic acids is 1. The lowest BCUT2D eigenvalue weighted by Crippen LogP contribution is -2.17. The predicted octanol–water partition coefficient (Wildman–Crippen LogP) is 3.79. The molecule has 0 radical (unpaired) electrons. The van der Waals surface area contributed by atoms with Gasteiger partial charge in [-0.3, -0.25) is 4.98 Å². The van der Waals surface area contributed by atoms with E-state index in [0.717, 1.165) is 0 Å². The molecule has 0 fully saturated rings. The Morgan fingerprint density at radius 2 is 2.00 bits per heavy atom. The molecule has 0 spiro atoms. The Morgan fingerprint density at radius 1 is 1.26 bits per heavy atom. The van der Waals surface area contributed by atoms with Crippen LogP contribution in [0, 0.1) is 0 Å². The quantitative estimate of drug-likeness (QED) is 0.770. The topological polar surface area (TPSA) is 68.0 Å². The monoisotopic (exact) mass is 341 g/mol. The fraction of sp³-hybridized carbons (Fsp3) is 0.0714. The van der Waals surface area contributed by atoms with Crippen LogP contribution in [0.3, 0.4) is 0 Å². The molecule has 0 aliphatic heterocycles. The lowest BCUT2D eigenvalue weighted by atomic mass is 10.1. The number of alkyl halides is 3. The fourth-order valence-corrected chi connectivity index (χ4v) is 2.42. The normalized spacial score (nSPS) is 11.8. The molecule has 2 heterocycles. The second-order valence-electron chi connectivity index (χ2n) is 4.61. The molecule has 5 nitrogen and oxygen atoms in total. The largest absolute Gasteiger partial charge is 0.478 e. The molecule has 2 aromatic heterocycles. The van der Waals surface area contributed by atoms with Crippen LogP contribution in [0.5, 0.6) is 0 Å². The van der Waals surface area contributed by atoms with E-state index in [1.807, 2.05) is 0 Å². The molecule has 3 aromatic rings. The number of fused-ring (bicyclic) bond motifs is 1. The van der Waals surface area contributed by atoms with Gasteiger partial charge in [0.25, 0.3) is 0 Å². The van der Waals surface area contributed by atoms with Crippen LogP contribution in [0.2, 0.25) is 5.02 Å². The highest BCUT2D eigenvalue weighted by molar-refractivity contribution is 6.31. The SMILES string of the molecule is O=C(O)c1cnn(-c2ccnc3cc(Cl)ccc23)c1C(F)(F)F. The van der Waals surface area contributed by atoms with Gasteiger partial charge in [0.1, 0.15) is 5.56 Å². The minimum absolute atomic E-state index is 0.0616. The third-order valence-electron chi connectivity index (χ3n) is 3.18. The third-order valence-corrected chi connectivity index (χ3v) is 3.41. The summed E-state index contributed by atoms with van der Waals surface area (Å²) in [5.74, 6) is -1.70. The molecule has 23 heavy (non-hydrogen) atoms. The van der Waals surface area contributed by atoms with E-state index in [1.165, 1.54) is 30.5 Å². The van der Waals surface area contributed by atoms with E-state index in [1.54, 1.807) is 0 Å². The van der Waals surface area contributed by atoms with Gasteiger partial charge in [-0.15, -0.1) is 0 Å². The van der Waals surface area contributed by atoms with E-state index in [2.05, 4.69) is 10.1 Å².